The van der Waals surface area contributed by atoms with Gasteiger partial charge in [0.25, 0.3) is 0 Å². The predicted octanol–water partition coefficient (Wildman–Crippen LogP) is 7.21. The molecule has 1 aromatic rings. The van der Waals surface area contributed by atoms with E-state index in [-0.39, 0.29) is 0 Å². The van der Waals surface area contributed by atoms with E-state index >= 15 is 0 Å². The number of rotatable bonds is 16. The molecule has 0 unspecified atom stereocenters. The summed E-state index contributed by atoms with van der Waals surface area (Å²) in [6.45, 7) is 9.59. The normalized spacial score (nSPS) is 12.9. The average molecular weight is 419 g/mol. The molecule has 0 aliphatic rings. The molecule has 0 aliphatic carbocycles. The molecule has 0 aromatic heterocycles. The summed E-state index contributed by atoms with van der Waals surface area (Å²) in [4.78, 5) is 25.0. The molecule has 2 atom stereocenters. The third-order valence-corrected chi connectivity index (χ3v) is 5.79. The van der Waals surface area contributed by atoms with Crippen LogP contribution in [-0.4, -0.2) is 25.2 Å². The highest BCUT2D eigenvalue weighted by atomic mass is 16.5. The highest BCUT2D eigenvalue weighted by Crippen LogP contribution is 2.18. The molecule has 0 bridgehead atoms. The van der Waals surface area contributed by atoms with E-state index in [9.17, 15) is 9.59 Å². The summed E-state index contributed by atoms with van der Waals surface area (Å²) in [7, 11) is 0. The Morgan fingerprint density at radius 1 is 0.767 bits per heavy atom. The second kappa shape index (κ2) is 15.9. The molecule has 0 amide bonds. The van der Waals surface area contributed by atoms with E-state index in [2.05, 4.69) is 27.7 Å². The van der Waals surface area contributed by atoms with E-state index in [1.54, 1.807) is 24.3 Å². The third kappa shape index (κ3) is 10.3. The molecular weight excluding hydrogens is 376 g/mol. The van der Waals surface area contributed by atoms with Gasteiger partial charge in [-0.15, -0.1) is 0 Å². The lowest BCUT2D eigenvalue weighted by Crippen LogP contribution is -2.16. The topological polar surface area (TPSA) is 52.6 Å². The molecule has 0 saturated carbocycles. The van der Waals surface area contributed by atoms with Crippen LogP contribution in [-0.2, 0) is 9.47 Å². The maximum absolute atomic E-state index is 12.5. The van der Waals surface area contributed by atoms with Crippen molar-refractivity contribution in [3.05, 3.63) is 35.4 Å². The average Bonchev–Trinajstić information content (AvgIpc) is 2.77. The standard InChI is InChI=1S/C26H42O4/c1-5-8-13-21(4)14-12-19-29-25(27)23-16-10-11-17-24(23)26(28)30-20-18-22(7-3)15-9-6-2/h10-11,16-17,21-22H,5-9,12-15,18-20H2,1-4H3/t21-,22-/m1/s1. The quantitative estimate of drug-likeness (QED) is 0.210. The summed E-state index contributed by atoms with van der Waals surface area (Å²) in [6.07, 6.45) is 11.1. The van der Waals surface area contributed by atoms with Crippen molar-refractivity contribution in [1.29, 1.82) is 0 Å². The van der Waals surface area contributed by atoms with Crippen molar-refractivity contribution in [3.63, 3.8) is 0 Å². The number of hydrogen-bond acceptors (Lipinski definition) is 4. The van der Waals surface area contributed by atoms with Crippen LogP contribution in [0.1, 0.15) is 113 Å². The summed E-state index contributed by atoms with van der Waals surface area (Å²) in [5, 5.41) is 0. The molecule has 1 aromatic carbocycles. The van der Waals surface area contributed by atoms with E-state index in [1.165, 1.54) is 38.5 Å². The maximum Gasteiger partial charge on any atom is 0.339 e. The number of carbonyl (C=O) groups excluding carboxylic acids is 2. The number of carbonyl (C=O) groups is 2. The lowest BCUT2D eigenvalue weighted by Gasteiger charge is -2.15. The van der Waals surface area contributed by atoms with Gasteiger partial charge in [0.05, 0.1) is 24.3 Å². The van der Waals surface area contributed by atoms with Crippen molar-refractivity contribution in [3.8, 4) is 0 Å². The zero-order chi connectivity index (χ0) is 22.2. The third-order valence-electron chi connectivity index (χ3n) is 5.79. The van der Waals surface area contributed by atoms with Crippen molar-refractivity contribution in [2.24, 2.45) is 11.8 Å². The van der Waals surface area contributed by atoms with Crippen molar-refractivity contribution in [2.75, 3.05) is 13.2 Å². The first-order valence-electron chi connectivity index (χ1n) is 12.0. The van der Waals surface area contributed by atoms with Crippen LogP contribution in [0.15, 0.2) is 24.3 Å². The fourth-order valence-electron chi connectivity index (χ4n) is 3.65. The SMILES string of the molecule is CCCC[C@@H](C)CCCOC(=O)c1ccccc1C(=O)OCC[C@H](CC)CCCC. The first-order valence-corrected chi connectivity index (χ1v) is 12.0. The van der Waals surface area contributed by atoms with Gasteiger partial charge in [0, 0.05) is 0 Å². The van der Waals surface area contributed by atoms with E-state index in [0.29, 0.717) is 36.2 Å². The molecule has 0 fully saturated rings. The fraction of sp³-hybridized carbons (Fsp3) is 0.692. The van der Waals surface area contributed by atoms with Gasteiger partial charge in [-0.25, -0.2) is 9.59 Å². The van der Waals surface area contributed by atoms with Gasteiger partial charge in [0.15, 0.2) is 0 Å². The van der Waals surface area contributed by atoms with Crippen LogP contribution >= 0.6 is 0 Å². The molecular formula is C26H42O4. The zero-order valence-corrected chi connectivity index (χ0v) is 19.6. The van der Waals surface area contributed by atoms with Crippen LogP contribution in [0.2, 0.25) is 0 Å². The van der Waals surface area contributed by atoms with Gasteiger partial charge >= 0.3 is 11.9 Å². The second-order valence-corrected chi connectivity index (χ2v) is 8.41. The van der Waals surface area contributed by atoms with Gasteiger partial charge in [-0.2, -0.15) is 0 Å². The molecule has 0 saturated heterocycles. The monoisotopic (exact) mass is 418 g/mol. The Balaban J connectivity index is 2.49. The van der Waals surface area contributed by atoms with Crippen LogP contribution in [0, 0.1) is 11.8 Å². The zero-order valence-electron chi connectivity index (χ0n) is 19.6. The molecule has 0 spiro atoms. The molecule has 1 rings (SSSR count). The Morgan fingerprint density at radius 2 is 1.30 bits per heavy atom. The first-order chi connectivity index (χ1) is 14.5. The number of benzene rings is 1. The Kier molecular flexibility index (Phi) is 13.9. The Morgan fingerprint density at radius 3 is 1.87 bits per heavy atom. The summed E-state index contributed by atoms with van der Waals surface area (Å²) in [6, 6.07) is 6.77. The second-order valence-electron chi connectivity index (χ2n) is 8.41. The maximum atomic E-state index is 12.5. The summed E-state index contributed by atoms with van der Waals surface area (Å²) < 4.78 is 10.9. The number of ether oxygens (including phenoxy) is 2. The number of hydrogen-bond donors (Lipinski definition) is 0. The first kappa shape index (κ1) is 26.2. The van der Waals surface area contributed by atoms with Crippen molar-refractivity contribution < 1.29 is 19.1 Å². The summed E-state index contributed by atoms with van der Waals surface area (Å²) in [5.74, 6) is 0.340. The molecule has 4 nitrogen and oxygen atoms in total. The molecule has 30 heavy (non-hydrogen) atoms. The van der Waals surface area contributed by atoms with Crippen LogP contribution < -0.4 is 0 Å². The van der Waals surface area contributed by atoms with Gasteiger partial charge in [0.1, 0.15) is 0 Å². The molecule has 170 valence electrons. The van der Waals surface area contributed by atoms with Gasteiger partial charge in [0.2, 0.25) is 0 Å². The fourth-order valence-corrected chi connectivity index (χ4v) is 3.65. The van der Waals surface area contributed by atoms with Crippen LogP contribution in [0.3, 0.4) is 0 Å². The molecule has 0 aliphatic heterocycles. The Bertz CT molecular complexity index is 611. The van der Waals surface area contributed by atoms with E-state index in [4.69, 9.17) is 9.47 Å². The van der Waals surface area contributed by atoms with Crippen molar-refractivity contribution in [1.82, 2.24) is 0 Å². The van der Waals surface area contributed by atoms with Gasteiger partial charge < -0.3 is 9.47 Å². The number of esters is 2. The lowest BCUT2D eigenvalue weighted by atomic mass is 9.96. The van der Waals surface area contributed by atoms with E-state index < -0.39 is 11.9 Å². The minimum atomic E-state index is -0.446. The van der Waals surface area contributed by atoms with Crippen molar-refractivity contribution in [2.45, 2.75) is 91.9 Å². The van der Waals surface area contributed by atoms with Crippen LogP contribution in [0.25, 0.3) is 0 Å². The minimum Gasteiger partial charge on any atom is -0.462 e. The highest BCUT2D eigenvalue weighted by Gasteiger charge is 2.19. The molecule has 0 N–H and O–H groups in total. The molecule has 0 radical (unpaired) electrons. The minimum absolute atomic E-state index is 0.291. The van der Waals surface area contributed by atoms with Gasteiger partial charge in [-0.1, -0.05) is 84.8 Å². The highest BCUT2D eigenvalue weighted by molar-refractivity contribution is 6.03. The Hall–Kier alpha value is -1.84. The van der Waals surface area contributed by atoms with E-state index in [0.717, 1.165) is 25.7 Å². The van der Waals surface area contributed by atoms with Crippen molar-refractivity contribution >= 4 is 11.9 Å². The number of unbranched alkanes of at least 4 members (excludes halogenated alkanes) is 2. The largest absolute Gasteiger partial charge is 0.462 e. The summed E-state index contributed by atoms with van der Waals surface area (Å²) >= 11 is 0. The predicted molar refractivity (Wildman–Crippen MR) is 123 cm³/mol. The van der Waals surface area contributed by atoms with E-state index in [1.807, 2.05) is 0 Å². The van der Waals surface area contributed by atoms with Crippen LogP contribution in [0.4, 0.5) is 0 Å². The van der Waals surface area contributed by atoms with Gasteiger partial charge in [-0.3, -0.25) is 0 Å². The molecule has 0 heterocycles. The lowest BCUT2D eigenvalue weighted by molar-refractivity contribution is 0.0439. The summed E-state index contributed by atoms with van der Waals surface area (Å²) in [5.41, 5.74) is 0.583. The molecule has 4 heteroatoms. The van der Waals surface area contributed by atoms with Crippen LogP contribution in [0.5, 0.6) is 0 Å². The Labute approximate surface area is 183 Å². The van der Waals surface area contributed by atoms with Gasteiger partial charge in [-0.05, 0) is 43.2 Å². The smallest absolute Gasteiger partial charge is 0.339 e.